The zero-order chi connectivity index (χ0) is 10.9. The van der Waals surface area contributed by atoms with Crippen LogP contribution in [-0.2, 0) is 5.41 Å². The molecule has 0 saturated heterocycles. The van der Waals surface area contributed by atoms with E-state index in [1.807, 2.05) is 11.3 Å². The molecule has 0 bridgehead atoms. The Labute approximate surface area is 95.6 Å². The Morgan fingerprint density at radius 3 is 2.13 bits per heavy atom. The van der Waals surface area contributed by atoms with E-state index < -0.39 is 0 Å². The normalized spacial score (nSPS) is 11.7. The van der Waals surface area contributed by atoms with E-state index in [2.05, 4.69) is 62.5 Å². The summed E-state index contributed by atoms with van der Waals surface area (Å²) < 4.78 is 0. The maximum Gasteiger partial charge on any atom is 0.0105 e. The second kappa shape index (κ2) is 3.82. The first-order chi connectivity index (χ1) is 7.07. The molecule has 2 aromatic rings. The molecule has 15 heavy (non-hydrogen) atoms. The van der Waals surface area contributed by atoms with Gasteiger partial charge in [-0.15, -0.1) is 11.3 Å². The fourth-order valence-corrected chi connectivity index (χ4v) is 2.52. The highest BCUT2D eigenvalue weighted by Crippen LogP contribution is 2.32. The van der Waals surface area contributed by atoms with Gasteiger partial charge in [-0.1, -0.05) is 51.1 Å². The minimum Gasteiger partial charge on any atom is -0.148 e. The third kappa shape index (κ3) is 2.29. The lowest BCUT2D eigenvalue weighted by molar-refractivity contribution is 0.604. The van der Waals surface area contributed by atoms with Gasteiger partial charge in [-0.3, -0.25) is 0 Å². The predicted octanol–water partition coefficient (Wildman–Crippen LogP) is 4.71. The molecule has 0 aliphatic heterocycles. The molecule has 1 heterocycles. The molecule has 1 aromatic carbocycles. The van der Waals surface area contributed by atoms with Crippen molar-refractivity contribution in [2.45, 2.75) is 26.2 Å². The lowest BCUT2D eigenvalue weighted by Crippen LogP contribution is -2.07. The van der Waals surface area contributed by atoms with Crippen molar-refractivity contribution in [1.82, 2.24) is 0 Å². The zero-order valence-corrected chi connectivity index (χ0v) is 10.3. The topological polar surface area (TPSA) is 0 Å². The highest BCUT2D eigenvalue weighted by atomic mass is 32.1. The highest BCUT2D eigenvalue weighted by Gasteiger charge is 2.16. The van der Waals surface area contributed by atoms with Gasteiger partial charge in [0.1, 0.15) is 0 Å². The van der Waals surface area contributed by atoms with E-state index in [1.54, 1.807) is 0 Å². The van der Waals surface area contributed by atoms with Crippen LogP contribution >= 0.6 is 11.3 Å². The van der Waals surface area contributed by atoms with Gasteiger partial charge in [0.15, 0.2) is 0 Å². The van der Waals surface area contributed by atoms with Gasteiger partial charge >= 0.3 is 0 Å². The monoisotopic (exact) mass is 216 g/mol. The summed E-state index contributed by atoms with van der Waals surface area (Å²) in [7, 11) is 0. The van der Waals surface area contributed by atoms with Crippen LogP contribution in [0.15, 0.2) is 41.8 Å². The van der Waals surface area contributed by atoms with Crippen molar-refractivity contribution in [3.8, 4) is 11.1 Å². The van der Waals surface area contributed by atoms with Gasteiger partial charge in [0.25, 0.3) is 0 Å². The Hall–Kier alpha value is -1.08. The van der Waals surface area contributed by atoms with Gasteiger partial charge < -0.3 is 0 Å². The van der Waals surface area contributed by atoms with E-state index in [4.69, 9.17) is 0 Å². The Kier molecular flexibility index (Phi) is 2.66. The molecule has 0 nitrogen and oxygen atoms in total. The SMILES string of the molecule is CC(C)(C)c1cc(-c2ccccc2)cs1. The summed E-state index contributed by atoms with van der Waals surface area (Å²) in [6.07, 6.45) is 0. The predicted molar refractivity (Wildman–Crippen MR) is 68.5 cm³/mol. The van der Waals surface area contributed by atoms with Crippen LogP contribution in [0.25, 0.3) is 11.1 Å². The van der Waals surface area contributed by atoms with Gasteiger partial charge in [0.05, 0.1) is 0 Å². The standard InChI is InChI=1S/C14H16S/c1-14(2,3)13-9-12(10-15-13)11-7-5-4-6-8-11/h4-10H,1-3H3. The lowest BCUT2D eigenvalue weighted by Gasteiger charge is -2.15. The summed E-state index contributed by atoms with van der Waals surface area (Å²) >= 11 is 1.85. The van der Waals surface area contributed by atoms with Crippen molar-refractivity contribution in [2.75, 3.05) is 0 Å². The quantitative estimate of drug-likeness (QED) is 0.647. The van der Waals surface area contributed by atoms with E-state index in [1.165, 1.54) is 16.0 Å². The Morgan fingerprint density at radius 1 is 0.933 bits per heavy atom. The third-order valence-corrected chi connectivity index (χ3v) is 3.80. The molecular weight excluding hydrogens is 200 g/mol. The number of thiophene rings is 1. The van der Waals surface area contributed by atoms with Gasteiger partial charge in [-0.25, -0.2) is 0 Å². The largest absolute Gasteiger partial charge is 0.148 e. The van der Waals surface area contributed by atoms with Crippen molar-refractivity contribution in [2.24, 2.45) is 0 Å². The summed E-state index contributed by atoms with van der Waals surface area (Å²) in [6, 6.07) is 12.9. The van der Waals surface area contributed by atoms with Crippen LogP contribution in [0, 0.1) is 0 Å². The summed E-state index contributed by atoms with van der Waals surface area (Å²) in [5, 5.41) is 2.25. The van der Waals surface area contributed by atoms with Gasteiger partial charge in [0, 0.05) is 4.88 Å². The average Bonchev–Trinajstić information content (AvgIpc) is 2.67. The number of rotatable bonds is 1. The summed E-state index contributed by atoms with van der Waals surface area (Å²) in [5.74, 6) is 0. The van der Waals surface area contributed by atoms with Crippen LogP contribution in [-0.4, -0.2) is 0 Å². The number of hydrogen-bond donors (Lipinski definition) is 0. The fraction of sp³-hybridized carbons (Fsp3) is 0.286. The molecule has 1 heteroatoms. The van der Waals surface area contributed by atoms with Crippen molar-refractivity contribution in [3.63, 3.8) is 0 Å². The number of hydrogen-bond acceptors (Lipinski definition) is 1. The summed E-state index contributed by atoms with van der Waals surface area (Å²) in [4.78, 5) is 1.45. The molecule has 0 spiro atoms. The minimum atomic E-state index is 0.262. The van der Waals surface area contributed by atoms with E-state index >= 15 is 0 Å². The molecule has 78 valence electrons. The highest BCUT2D eigenvalue weighted by molar-refractivity contribution is 7.10. The van der Waals surface area contributed by atoms with Crippen molar-refractivity contribution >= 4 is 11.3 Å². The molecule has 2 rings (SSSR count). The zero-order valence-electron chi connectivity index (χ0n) is 9.45. The fourth-order valence-electron chi connectivity index (χ4n) is 1.51. The molecule has 0 atom stereocenters. The van der Waals surface area contributed by atoms with Crippen LogP contribution in [0.5, 0.6) is 0 Å². The smallest absolute Gasteiger partial charge is 0.0105 e. The molecule has 1 aromatic heterocycles. The van der Waals surface area contributed by atoms with Gasteiger partial charge in [-0.2, -0.15) is 0 Å². The molecule has 0 unspecified atom stereocenters. The Balaban J connectivity index is 2.37. The third-order valence-electron chi connectivity index (χ3n) is 2.45. The lowest BCUT2D eigenvalue weighted by atomic mass is 9.93. The van der Waals surface area contributed by atoms with Crippen LogP contribution in [0.3, 0.4) is 0 Å². The van der Waals surface area contributed by atoms with E-state index in [9.17, 15) is 0 Å². The molecule has 0 N–H and O–H groups in total. The van der Waals surface area contributed by atoms with Crippen molar-refractivity contribution in [3.05, 3.63) is 46.7 Å². The number of benzene rings is 1. The Morgan fingerprint density at radius 2 is 1.60 bits per heavy atom. The van der Waals surface area contributed by atoms with Crippen molar-refractivity contribution < 1.29 is 0 Å². The maximum absolute atomic E-state index is 2.31. The first-order valence-corrected chi connectivity index (χ1v) is 6.10. The van der Waals surface area contributed by atoms with Crippen LogP contribution in [0.1, 0.15) is 25.6 Å². The molecule has 0 saturated carbocycles. The average molecular weight is 216 g/mol. The van der Waals surface area contributed by atoms with E-state index in [-0.39, 0.29) is 5.41 Å². The van der Waals surface area contributed by atoms with Crippen LogP contribution < -0.4 is 0 Å². The first kappa shape index (κ1) is 10.4. The molecule has 0 radical (unpaired) electrons. The maximum atomic E-state index is 2.31. The van der Waals surface area contributed by atoms with E-state index in [0.29, 0.717) is 0 Å². The van der Waals surface area contributed by atoms with Crippen molar-refractivity contribution in [1.29, 1.82) is 0 Å². The second-order valence-electron chi connectivity index (χ2n) is 4.82. The minimum absolute atomic E-state index is 0.262. The second-order valence-corrected chi connectivity index (χ2v) is 5.73. The Bertz CT molecular complexity index is 432. The van der Waals surface area contributed by atoms with Crippen LogP contribution in [0.4, 0.5) is 0 Å². The molecule has 0 aliphatic carbocycles. The molecule has 0 aliphatic rings. The summed E-state index contributed by atoms with van der Waals surface area (Å²) in [6.45, 7) is 6.77. The summed E-state index contributed by atoms with van der Waals surface area (Å²) in [5.41, 5.74) is 2.91. The molecular formula is C14H16S. The van der Waals surface area contributed by atoms with Crippen LogP contribution in [0.2, 0.25) is 0 Å². The molecule has 0 amide bonds. The first-order valence-electron chi connectivity index (χ1n) is 5.22. The van der Waals surface area contributed by atoms with E-state index in [0.717, 1.165) is 0 Å². The van der Waals surface area contributed by atoms with Gasteiger partial charge in [-0.05, 0) is 28.0 Å². The molecule has 0 fully saturated rings. The van der Waals surface area contributed by atoms with Gasteiger partial charge in [0.2, 0.25) is 0 Å².